The van der Waals surface area contributed by atoms with Gasteiger partial charge in [0, 0.05) is 0 Å². The first-order valence-electron chi connectivity index (χ1n) is 4.39. The lowest BCUT2D eigenvalue weighted by molar-refractivity contribution is -0.137. The van der Waals surface area contributed by atoms with Crippen LogP contribution in [0.25, 0.3) is 5.69 Å². The lowest BCUT2D eigenvalue weighted by Crippen LogP contribution is -2.15. The largest absolute Gasteiger partial charge is 0.416 e. The highest BCUT2D eigenvalue weighted by molar-refractivity contribution is 6.32. The molecule has 2 rings (SSSR count). The second-order valence-electron chi connectivity index (χ2n) is 3.20. The molecule has 0 aliphatic heterocycles. The van der Waals surface area contributed by atoms with Gasteiger partial charge in [0.1, 0.15) is 6.33 Å². The topological polar surface area (TPSA) is 50.7 Å². The molecule has 0 atom stereocenters. The molecule has 0 saturated heterocycles. The van der Waals surface area contributed by atoms with Gasteiger partial charge in [0.05, 0.1) is 16.3 Å². The molecule has 90 valence electrons. The van der Waals surface area contributed by atoms with E-state index < -0.39 is 17.4 Å². The first kappa shape index (κ1) is 11.7. The third-order valence-corrected chi connectivity index (χ3v) is 2.40. The summed E-state index contributed by atoms with van der Waals surface area (Å²) in [5.41, 5.74) is -1.61. The van der Waals surface area contributed by atoms with E-state index >= 15 is 0 Å². The van der Waals surface area contributed by atoms with Crippen molar-refractivity contribution < 1.29 is 13.2 Å². The van der Waals surface area contributed by atoms with Crippen molar-refractivity contribution in [2.45, 2.75) is 6.18 Å². The Bertz CT molecular complexity index is 602. The molecule has 1 aromatic heterocycles. The van der Waals surface area contributed by atoms with Crippen molar-refractivity contribution in [1.82, 2.24) is 14.8 Å². The molecule has 1 heterocycles. The van der Waals surface area contributed by atoms with Crippen molar-refractivity contribution in [1.29, 1.82) is 0 Å². The van der Waals surface area contributed by atoms with Crippen molar-refractivity contribution in [2.75, 3.05) is 0 Å². The normalized spacial score (nSPS) is 11.8. The Kier molecular flexibility index (Phi) is 2.70. The van der Waals surface area contributed by atoms with Gasteiger partial charge in [0.2, 0.25) is 0 Å². The van der Waals surface area contributed by atoms with E-state index in [-0.39, 0.29) is 10.7 Å². The highest BCUT2D eigenvalue weighted by Gasteiger charge is 2.31. The molecule has 1 aromatic carbocycles. The van der Waals surface area contributed by atoms with Crippen LogP contribution in [0.3, 0.4) is 0 Å². The van der Waals surface area contributed by atoms with E-state index in [2.05, 4.69) is 10.2 Å². The van der Waals surface area contributed by atoms with Crippen molar-refractivity contribution in [3.8, 4) is 5.69 Å². The molecule has 0 bridgehead atoms. The Hall–Kier alpha value is -1.76. The van der Waals surface area contributed by atoms with Gasteiger partial charge in [-0.2, -0.15) is 18.3 Å². The van der Waals surface area contributed by atoms with Crippen LogP contribution in [-0.2, 0) is 6.18 Å². The number of aromatic nitrogens is 3. The van der Waals surface area contributed by atoms with Gasteiger partial charge in [-0.25, -0.2) is 14.5 Å². The summed E-state index contributed by atoms with van der Waals surface area (Å²) in [4.78, 5) is 11.2. The maximum absolute atomic E-state index is 12.5. The van der Waals surface area contributed by atoms with E-state index in [0.29, 0.717) is 0 Å². The van der Waals surface area contributed by atoms with E-state index in [0.717, 1.165) is 29.1 Å². The van der Waals surface area contributed by atoms with Gasteiger partial charge in [-0.3, -0.25) is 0 Å². The summed E-state index contributed by atoms with van der Waals surface area (Å²) in [6.07, 6.45) is -3.43. The van der Waals surface area contributed by atoms with E-state index in [1.54, 1.807) is 0 Å². The van der Waals surface area contributed by atoms with Crippen LogP contribution in [0.5, 0.6) is 0 Å². The maximum atomic E-state index is 12.5. The highest BCUT2D eigenvalue weighted by Crippen LogP contribution is 2.32. The zero-order valence-corrected chi connectivity index (χ0v) is 8.88. The van der Waals surface area contributed by atoms with Crippen molar-refractivity contribution in [3.63, 3.8) is 0 Å². The van der Waals surface area contributed by atoms with Gasteiger partial charge in [-0.1, -0.05) is 11.6 Å². The van der Waals surface area contributed by atoms with Crippen LogP contribution in [0.2, 0.25) is 5.02 Å². The summed E-state index contributed by atoms with van der Waals surface area (Å²) in [6, 6.07) is 2.72. The molecule has 0 saturated carbocycles. The van der Waals surface area contributed by atoms with Crippen molar-refractivity contribution in [2.24, 2.45) is 0 Å². The van der Waals surface area contributed by atoms with Crippen LogP contribution in [0, 0.1) is 0 Å². The Morgan fingerprint density at radius 3 is 2.59 bits per heavy atom. The van der Waals surface area contributed by atoms with Gasteiger partial charge >= 0.3 is 11.9 Å². The van der Waals surface area contributed by atoms with Crippen molar-refractivity contribution in [3.05, 3.63) is 45.6 Å². The quantitative estimate of drug-likeness (QED) is 0.858. The number of rotatable bonds is 1. The fourth-order valence-corrected chi connectivity index (χ4v) is 1.50. The lowest BCUT2D eigenvalue weighted by atomic mass is 10.2. The number of hydrogen-bond acceptors (Lipinski definition) is 2. The molecule has 17 heavy (non-hydrogen) atoms. The molecule has 4 nitrogen and oxygen atoms in total. The van der Waals surface area contributed by atoms with Gasteiger partial charge < -0.3 is 0 Å². The number of halogens is 4. The monoisotopic (exact) mass is 263 g/mol. The third-order valence-electron chi connectivity index (χ3n) is 2.09. The summed E-state index contributed by atoms with van der Waals surface area (Å²) < 4.78 is 38.4. The second kappa shape index (κ2) is 3.92. The number of alkyl halides is 3. The van der Waals surface area contributed by atoms with E-state index in [1.165, 1.54) is 0 Å². The molecule has 2 aromatic rings. The van der Waals surface area contributed by atoms with E-state index in [1.807, 2.05) is 0 Å². The van der Waals surface area contributed by atoms with Gasteiger partial charge in [0.15, 0.2) is 0 Å². The smallest absolute Gasteiger partial charge is 0.248 e. The molecule has 0 amide bonds. The molecule has 0 spiro atoms. The minimum absolute atomic E-state index is 0.0292. The summed E-state index contributed by atoms with van der Waals surface area (Å²) in [5, 5.41) is 5.52. The molecular formula is C9H5ClF3N3O. The van der Waals surface area contributed by atoms with Gasteiger partial charge in [0.25, 0.3) is 0 Å². The standard InChI is InChI=1S/C9H5ClF3N3O/c10-6-2-1-5(9(11,12)13)3-7(6)16-4-14-15-8(16)17/h1-4H,(H,15,17). The first-order valence-corrected chi connectivity index (χ1v) is 4.76. The molecular weight excluding hydrogens is 259 g/mol. The average Bonchev–Trinajstić information content (AvgIpc) is 2.63. The molecule has 0 aliphatic carbocycles. The Labute approximate surface area is 97.6 Å². The first-order chi connectivity index (χ1) is 7.89. The molecule has 1 N–H and O–H groups in total. The maximum Gasteiger partial charge on any atom is 0.416 e. The highest BCUT2D eigenvalue weighted by atomic mass is 35.5. The van der Waals surface area contributed by atoms with E-state index in [4.69, 9.17) is 11.6 Å². The molecule has 0 radical (unpaired) electrons. The van der Waals surface area contributed by atoms with Crippen LogP contribution in [0.4, 0.5) is 13.2 Å². The second-order valence-corrected chi connectivity index (χ2v) is 3.60. The Balaban J connectivity index is 2.63. The zero-order valence-electron chi connectivity index (χ0n) is 8.12. The minimum atomic E-state index is -4.49. The van der Waals surface area contributed by atoms with Gasteiger partial charge in [-0.05, 0) is 18.2 Å². The Morgan fingerprint density at radius 1 is 1.35 bits per heavy atom. The van der Waals surface area contributed by atoms with Crippen LogP contribution in [-0.4, -0.2) is 14.8 Å². The third kappa shape index (κ3) is 2.19. The average molecular weight is 264 g/mol. The van der Waals surface area contributed by atoms with E-state index in [9.17, 15) is 18.0 Å². The number of H-pyrrole nitrogens is 1. The number of nitrogens with zero attached hydrogens (tertiary/aromatic N) is 2. The van der Waals surface area contributed by atoms with Crippen LogP contribution >= 0.6 is 11.6 Å². The molecule has 0 fully saturated rings. The molecule has 0 aliphatic rings. The van der Waals surface area contributed by atoms with Crippen LogP contribution in [0.15, 0.2) is 29.3 Å². The summed E-state index contributed by atoms with van der Waals surface area (Å²) >= 11 is 5.74. The predicted molar refractivity (Wildman–Crippen MR) is 54.2 cm³/mol. The minimum Gasteiger partial charge on any atom is -0.248 e. The molecule has 0 unspecified atom stereocenters. The number of hydrogen-bond donors (Lipinski definition) is 1. The number of benzene rings is 1. The summed E-state index contributed by atoms with van der Waals surface area (Å²) in [7, 11) is 0. The summed E-state index contributed by atoms with van der Waals surface area (Å²) in [6.45, 7) is 0. The summed E-state index contributed by atoms with van der Waals surface area (Å²) in [5.74, 6) is 0. The SMILES string of the molecule is O=c1[nH]ncn1-c1cc(C(F)(F)F)ccc1Cl. The number of nitrogens with one attached hydrogen (secondary N) is 1. The van der Waals surface area contributed by atoms with Gasteiger partial charge in [-0.15, -0.1) is 0 Å². The van der Waals surface area contributed by atoms with Crippen molar-refractivity contribution >= 4 is 11.6 Å². The lowest BCUT2D eigenvalue weighted by Gasteiger charge is -2.09. The van der Waals surface area contributed by atoms with Crippen LogP contribution < -0.4 is 5.69 Å². The number of aromatic amines is 1. The zero-order chi connectivity index (χ0) is 12.6. The fraction of sp³-hybridized carbons (Fsp3) is 0.111. The predicted octanol–water partition coefficient (Wildman–Crippen LogP) is 2.23. The Morgan fingerprint density at radius 2 is 2.06 bits per heavy atom. The van der Waals surface area contributed by atoms with Crippen LogP contribution in [0.1, 0.15) is 5.56 Å². The fourth-order valence-electron chi connectivity index (χ4n) is 1.29. The molecule has 8 heteroatoms.